The molecule has 5 nitrogen and oxygen atoms in total. The molecule has 0 aliphatic heterocycles. The molecule has 0 aliphatic carbocycles. The molecule has 3 rings (SSSR count). The van der Waals surface area contributed by atoms with Crippen molar-refractivity contribution in [3.63, 3.8) is 0 Å². The fourth-order valence-electron chi connectivity index (χ4n) is 2.18. The van der Waals surface area contributed by atoms with Crippen molar-refractivity contribution >= 4 is 28.8 Å². The number of hydrogen-bond donors (Lipinski definition) is 1. The van der Waals surface area contributed by atoms with Crippen molar-refractivity contribution in [2.75, 3.05) is 0 Å². The first kappa shape index (κ1) is 15.7. The van der Waals surface area contributed by atoms with Crippen molar-refractivity contribution in [3.05, 3.63) is 57.9 Å². The molecule has 0 unspecified atom stereocenters. The number of thiazole rings is 1. The van der Waals surface area contributed by atoms with Crippen LogP contribution in [0.15, 0.2) is 43.0 Å². The largest absolute Gasteiger partial charge is 0.348 e. The van der Waals surface area contributed by atoms with E-state index in [0.717, 1.165) is 21.1 Å². The molecule has 2 heterocycles. The maximum atomic E-state index is 11.9. The van der Waals surface area contributed by atoms with E-state index in [1.165, 1.54) is 0 Å². The highest BCUT2D eigenvalue weighted by molar-refractivity contribution is 7.12. The molecular formula is C16H15ClN4OS. The Balaban J connectivity index is 1.64. The van der Waals surface area contributed by atoms with Gasteiger partial charge in [-0.25, -0.2) is 9.97 Å². The SMILES string of the molecule is Cc1sc(CNC(=O)Cn2ccnc2)nc1-c1ccc(Cl)cc1. The van der Waals surface area contributed by atoms with Crippen LogP contribution in [0.3, 0.4) is 0 Å². The number of aryl methyl sites for hydroxylation is 1. The second-order valence-electron chi connectivity index (χ2n) is 5.03. The number of hydrogen-bond acceptors (Lipinski definition) is 4. The van der Waals surface area contributed by atoms with E-state index in [4.69, 9.17) is 11.6 Å². The van der Waals surface area contributed by atoms with Crippen molar-refractivity contribution in [2.24, 2.45) is 0 Å². The Morgan fingerprint density at radius 2 is 2.13 bits per heavy atom. The van der Waals surface area contributed by atoms with Crippen LogP contribution in [0.5, 0.6) is 0 Å². The van der Waals surface area contributed by atoms with Crippen LogP contribution in [0.4, 0.5) is 0 Å². The van der Waals surface area contributed by atoms with Crippen LogP contribution in [-0.4, -0.2) is 20.4 Å². The zero-order valence-corrected chi connectivity index (χ0v) is 14.1. The van der Waals surface area contributed by atoms with Crippen LogP contribution in [-0.2, 0) is 17.9 Å². The molecule has 23 heavy (non-hydrogen) atoms. The van der Waals surface area contributed by atoms with Crippen molar-refractivity contribution in [2.45, 2.75) is 20.0 Å². The average Bonchev–Trinajstić information content (AvgIpc) is 3.16. The number of halogens is 1. The Labute approximate surface area is 143 Å². The first-order chi connectivity index (χ1) is 11.1. The average molecular weight is 347 g/mol. The maximum absolute atomic E-state index is 11.9. The van der Waals surface area contributed by atoms with Crippen LogP contribution in [0.2, 0.25) is 5.02 Å². The lowest BCUT2D eigenvalue weighted by Crippen LogP contribution is -2.26. The zero-order chi connectivity index (χ0) is 16.2. The first-order valence-corrected chi connectivity index (χ1v) is 8.26. The third-order valence-corrected chi connectivity index (χ3v) is 4.50. The molecule has 2 aromatic heterocycles. The van der Waals surface area contributed by atoms with E-state index in [2.05, 4.69) is 15.3 Å². The number of imidazole rings is 1. The fourth-order valence-corrected chi connectivity index (χ4v) is 3.20. The lowest BCUT2D eigenvalue weighted by atomic mass is 10.1. The predicted molar refractivity (Wildman–Crippen MR) is 91.4 cm³/mol. The smallest absolute Gasteiger partial charge is 0.240 e. The minimum absolute atomic E-state index is 0.0658. The number of benzene rings is 1. The van der Waals surface area contributed by atoms with E-state index in [1.54, 1.807) is 34.6 Å². The van der Waals surface area contributed by atoms with Gasteiger partial charge in [-0.05, 0) is 19.1 Å². The van der Waals surface area contributed by atoms with E-state index < -0.39 is 0 Å². The normalized spacial score (nSPS) is 10.7. The van der Waals surface area contributed by atoms with Gasteiger partial charge in [0, 0.05) is 27.9 Å². The second-order valence-corrected chi connectivity index (χ2v) is 6.76. The minimum atomic E-state index is -0.0658. The molecule has 1 aromatic carbocycles. The summed E-state index contributed by atoms with van der Waals surface area (Å²) >= 11 is 7.50. The number of rotatable bonds is 5. The van der Waals surface area contributed by atoms with Gasteiger partial charge in [0.25, 0.3) is 0 Å². The van der Waals surface area contributed by atoms with Gasteiger partial charge >= 0.3 is 0 Å². The van der Waals surface area contributed by atoms with E-state index in [9.17, 15) is 4.79 Å². The summed E-state index contributed by atoms with van der Waals surface area (Å²) < 4.78 is 1.72. The summed E-state index contributed by atoms with van der Waals surface area (Å²) in [4.78, 5) is 21.5. The zero-order valence-electron chi connectivity index (χ0n) is 12.5. The van der Waals surface area contributed by atoms with E-state index in [-0.39, 0.29) is 12.5 Å². The van der Waals surface area contributed by atoms with E-state index >= 15 is 0 Å². The molecule has 0 radical (unpaired) electrons. The maximum Gasteiger partial charge on any atom is 0.240 e. The van der Waals surface area contributed by atoms with Crippen molar-refractivity contribution in [1.29, 1.82) is 0 Å². The van der Waals surface area contributed by atoms with Gasteiger partial charge in [-0.3, -0.25) is 4.79 Å². The Hall–Kier alpha value is -2.18. The van der Waals surface area contributed by atoms with Gasteiger partial charge in [0.15, 0.2) is 0 Å². The number of nitrogens with zero attached hydrogens (tertiary/aromatic N) is 3. The fraction of sp³-hybridized carbons (Fsp3) is 0.188. The summed E-state index contributed by atoms with van der Waals surface area (Å²) in [5, 5.41) is 4.46. The number of carbonyl (C=O) groups is 1. The molecule has 0 atom stereocenters. The van der Waals surface area contributed by atoms with Gasteiger partial charge in [-0.15, -0.1) is 11.3 Å². The summed E-state index contributed by atoms with van der Waals surface area (Å²) in [6.07, 6.45) is 5.02. The highest BCUT2D eigenvalue weighted by Crippen LogP contribution is 2.28. The molecular weight excluding hydrogens is 332 g/mol. The summed E-state index contributed by atoms with van der Waals surface area (Å²) in [6, 6.07) is 7.60. The minimum Gasteiger partial charge on any atom is -0.348 e. The number of nitrogens with one attached hydrogen (secondary N) is 1. The molecule has 3 aromatic rings. The number of carbonyl (C=O) groups excluding carboxylic acids is 1. The first-order valence-electron chi connectivity index (χ1n) is 7.06. The van der Waals surface area contributed by atoms with Crippen molar-refractivity contribution in [1.82, 2.24) is 19.9 Å². The van der Waals surface area contributed by atoms with Crippen LogP contribution in [0, 0.1) is 6.92 Å². The number of aromatic nitrogens is 3. The van der Waals surface area contributed by atoms with Crippen LogP contribution >= 0.6 is 22.9 Å². The monoisotopic (exact) mass is 346 g/mol. The van der Waals surface area contributed by atoms with Gasteiger partial charge in [0.1, 0.15) is 11.6 Å². The molecule has 0 bridgehead atoms. The van der Waals surface area contributed by atoms with Gasteiger partial charge in [0.05, 0.1) is 18.6 Å². The van der Waals surface area contributed by atoms with Crippen molar-refractivity contribution in [3.8, 4) is 11.3 Å². The summed E-state index contributed by atoms with van der Waals surface area (Å²) in [5.41, 5.74) is 1.96. The van der Waals surface area contributed by atoms with Crippen LogP contribution < -0.4 is 5.32 Å². The van der Waals surface area contributed by atoms with Crippen LogP contribution in [0.25, 0.3) is 11.3 Å². The molecule has 1 amide bonds. The standard InChI is InChI=1S/C16H15ClN4OS/c1-11-16(12-2-4-13(17)5-3-12)20-15(23-11)8-19-14(22)9-21-7-6-18-10-21/h2-7,10H,8-9H2,1H3,(H,19,22). The molecule has 0 saturated carbocycles. The Bertz CT molecular complexity index is 796. The van der Waals surface area contributed by atoms with Gasteiger partial charge < -0.3 is 9.88 Å². The topological polar surface area (TPSA) is 59.8 Å². The highest BCUT2D eigenvalue weighted by atomic mass is 35.5. The van der Waals surface area contributed by atoms with Crippen molar-refractivity contribution < 1.29 is 4.79 Å². The molecule has 118 valence electrons. The Morgan fingerprint density at radius 1 is 1.35 bits per heavy atom. The molecule has 0 fully saturated rings. The van der Waals surface area contributed by atoms with Crippen LogP contribution in [0.1, 0.15) is 9.88 Å². The molecule has 1 N–H and O–H groups in total. The highest BCUT2D eigenvalue weighted by Gasteiger charge is 2.11. The Morgan fingerprint density at radius 3 is 2.83 bits per heavy atom. The third-order valence-electron chi connectivity index (χ3n) is 3.28. The van der Waals surface area contributed by atoms with Gasteiger partial charge in [-0.2, -0.15) is 0 Å². The quantitative estimate of drug-likeness (QED) is 0.771. The number of amides is 1. The summed E-state index contributed by atoms with van der Waals surface area (Å²) in [5.74, 6) is -0.0658. The van der Waals surface area contributed by atoms with Gasteiger partial charge in [0.2, 0.25) is 5.91 Å². The lowest BCUT2D eigenvalue weighted by molar-refractivity contribution is -0.121. The van der Waals surface area contributed by atoms with Gasteiger partial charge in [-0.1, -0.05) is 23.7 Å². The van der Waals surface area contributed by atoms with E-state index in [0.29, 0.717) is 11.6 Å². The molecule has 0 aliphatic rings. The third kappa shape index (κ3) is 3.97. The summed E-state index contributed by atoms with van der Waals surface area (Å²) in [7, 11) is 0. The van der Waals surface area contributed by atoms with E-state index in [1.807, 2.05) is 31.2 Å². The predicted octanol–water partition coefficient (Wildman–Crippen LogP) is 3.28. The molecule has 0 spiro atoms. The second kappa shape index (κ2) is 6.93. The lowest BCUT2D eigenvalue weighted by Gasteiger charge is -2.03. The molecule has 0 saturated heterocycles. The molecule has 7 heteroatoms. The summed E-state index contributed by atoms with van der Waals surface area (Å²) in [6.45, 7) is 2.71. The Kier molecular flexibility index (Phi) is 4.73.